The number of nitro groups is 1. The molecule has 1 rings (SSSR count). The van der Waals surface area contributed by atoms with Crippen LogP contribution in [0.3, 0.4) is 0 Å². The first kappa shape index (κ1) is 9.12. The highest BCUT2D eigenvalue weighted by Crippen LogP contribution is 2.19. The molecule has 0 spiro atoms. The van der Waals surface area contributed by atoms with Crippen molar-refractivity contribution in [3.8, 4) is 0 Å². The van der Waals surface area contributed by atoms with Crippen LogP contribution in [-0.2, 0) is 6.54 Å². The van der Waals surface area contributed by atoms with Crippen molar-refractivity contribution in [1.82, 2.24) is 0 Å². The summed E-state index contributed by atoms with van der Waals surface area (Å²) in [7, 11) is 0. The second kappa shape index (κ2) is 3.62. The van der Waals surface area contributed by atoms with Crippen LogP contribution in [-0.4, -0.2) is 4.92 Å². The van der Waals surface area contributed by atoms with Gasteiger partial charge in [-0.05, 0) is 12.1 Å². The van der Waals surface area contributed by atoms with Gasteiger partial charge in [0.1, 0.15) is 5.82 Å². The van der Waals surface area contributed by atoms with Crippen molar-refractivity contribution >= 4 is 15.9 Å². The quantitative estimate of drug-likeness (QED) is 0.582. The first-order valence-corrected chi connectivity index (χ1v) is 3.95. The zero-order valence-corrected chi connectivity index (χ0v) is 7.54. The Labute approximate surface area is 76.5 Å². The van der Waals surface area contributed by atoms with E-state index in [1.807, 2.05) is 0 Å². The Balaban J connectivity index is 3.04. The molecule has 0 fully saturated rings. The molecule has 0 aliphatic heterocycles. The minimum absolute atomic E-state index is 0.0856. The highest BCUT2D eigenvalue weighted by molar-refractivity contribution is 9.10. The lowest BCUT2D eigenvalue weighted by Gasteiger charge is -1.99. The predicted molar refractivity (Wildman–Crippen MR) is 44.8 cm³/mol. The normalized spacial score (nSPS) is 9.83. The predicted octanol–water partition coefficient (Wildman–Crippen LogP) is 2.36. The zero-order chi connectivity index (χ0) is 9.14. The molecule has 1 aromatic rings. The molecule has 0 atom stereocenters. The largest absolute Gasteiger partial charge is 0.264 e. The lowest BCUT2D eigenvalue weighted by atomic mass is 10.2. The average Bonchev–Trinajstić information content (AvgIpc) is 1.97. The van der Waals surface area contributed by atoms with Gasteiger partial charge in [0.05, 0.1) is 5.56 Å². The van der Waals surface area contributed by atoms with Gasteiger partial charge in [0.25, 0.3) is 0 Å². The van der Waals surface area contributed by atoms with Gasteiger partial charge in [-0.2, -0.15) is 0 Å². The van der Waals surface area contributed by atoms with Gasteiger partial charge in [-0.1, -0.05) is 22.0 Å². The smallest absolute Gasteiger partial charge is 0.232 e. The van der Waals surface area contributed by atoms with Crippen molar-refractivity contribution in [3.63, 3.8) is 0 Å². The van der Waals surface area contributed by atoms with Gasteiger partial charge >= 0.3 is 0 Å². The Hall–Kier alpha value is -0.970. The van der Waals surface area contributed by atoms with E-state index in [0.29, 0.717) is 4.47 Å². The van der Waals surface area contributed by atoms with Gasteiger partial charge in [0, 0.05) is 9.40 Å². The molecule has 0 N–H and O–H groups in total. The molecule has 12 heavy (non-hydrogen) atoms. The zero-order valence-electron chi connectivity index (χ0n) is 5.96. The fourth-order valence-electron chi connectivity index (χ4n) is 0.812. The van der Waals surface area contributed by atoms with E-state index in [-0.39, 0.29) is 5.56 Å². The molecule has 0 saturated carbocycles. The van der Waals surface area contributed by atoms with Crippen LogP contribution in [0.2, 0.25) is 0 Å². The number of halogens is 2. The van der Waals surface area contributed by atoms with Crippen LogP contribution < -0.4 is 0 Å². The molecular formula is C7H5BrFNO2. The molecule has 5 heteroatoms. The summed E-state index contributed by atoms with van der Waals surface area (Å²) in [6.45, 7) is -0.493. The molecule has 0 amide bonds. The van der Waals surface area contributed by atoms with E-state index in [9.17, 15) is 14.5 Å². The Bertz CT molecular complexity index is 296. The van der Waals surface area contributed by atoms with Crippen molar-refractivity contribution in [1.29, 1.82) is 0 Å². The maximum Gasteiger partial charge on any atom is 0.232 e. The van der Waals surface area contributed by atoms with Gasteiger partial charge in [-0.15, -0.1) is 0 Å². The number of hydrogen-bond donors (Lipinski definition) is 0. The summed E-state index contributed by atoms with van der Waals surface area (Å²) < 4.78 is 13.3. The molecule has 0 heterocycles. The monoisotopic (exact) mass is 233 g/mol. The second-order valence-electron chi connectivity index (χ2n) is 2.19. The van der Waals surface area contributed by atoms with Crippen LogP contribution in [0.5, 0.6) is 0 Å². The number of benzene rings is 1. The Morgan fingerprint density at radius 3 is 2.75 bits per heavy atom. The lowest BCUT2D eigenvalue weighted by molar-refractivity contribution is -0.497. The second-order valence-corrected chi connectivity index (χ2v) is 3.05. The van der Waals surface area contributed by atoms with Crippen molar-refractivity contribution in [3.05, 3.63) is 44.2 Å². The van der Waals surface area contributed by atoms with Crippen LogP contribution in [0.15, 0.2) is 22.7 Å². The summed E-state index contributed by atoms with van der Waals surface area (Å²) in [5.74, 6) is -0.555. The topological polar surface area (TPSA) is 43.1 Å². The highest BCUT2D eigenvalue weighted by Gasteiger charge is 2.11. The molecule has 64 valence electrons. The molecular weight excluding hydrogens is 229 g/mol. The summed E-state index contributed by atoms with van der Waals surface area (Å²) in [5, 5.41) is 10.1. The number of rotatable bonds is 2. The first-order chi connectivity index (χ1) is 5.61. The standard InChI is InChI=1S/C7H5BrFNO2/c8-6-2-1-3-7(9)5(6)4-10(11)12/h1-3H,4H2. The summed E-state index contributed by atoms with van der Waals surface area (Å²) >= 11 is 3.03. The minimum atomic E-state index is -0.566. The average molecular weight is 234 g/mol. The SMILES string of the molecule is O=[N+]([O-])Cc1c(F)cccc1Br. The maximum atomic E-state index is 12.9. The van der Waals surface area contributed by atoms with E-state index in [2.05, 4.69) is 15.9 Å². The van der Waals surface area contributed by atoms with Crippen LogP contribution in [0.25, 0.3) is 0 Å². The van der Waals surface area contributed by atoms with E-state index in [1.165, 1.54) is 12.1 Å². The van der Waals surface area contributed by atoms with Crippen LogP contribution >= 0.6 is 15.9 Å². The fourth-order valence-corrected chi connectivity index (χ4v) is 1.28. The van der Waals surface area contributed by atoms with E-state index in [1.54, 1.807) is 6.07 Å². The van der Waals surface area contributed by atoms with E-state index < -0.39 is 17.3 Å². The van der Waals surface area contributed by atoms with E-state index in [0.717, 1.165) is 0 Å². The number of nitrogens with zero attached hydrogens (tertiary/aromatic N) is 1. The lowest BCUT2D eigenvalue weighted by Crippen LogP contribution is -2.01. The van der Waals surface area contributed by atoms with Crippen LogP contribution in [0, 0.1) is 15.9 Å². The third kappa shape index (κ3) is 2.01. The van der Waals surface area contributed by atoms with E-state index >= 15 is 0 Å². The molecule has 0 aliphatic carbocycles. The van der Waals surface area contributed by atoms with Crippen molar-refractivity contribution < 1.29 is 9.31 Å². The maximum absolute atomic E-state index is 12.9. The van der Waals surface area contributed by atoms with Gasteiger partial charge < -0.3 is 0 Å². The summed E-state index contributed by atoms with van der Waals surface area (Å²) in [6, 6.07) is 4.26. The molecule has 0 bridgehead atoms. The number of hydrogen-bond acceptors (Lipinski definition) is 2. The van der Waals surface area contributed by atoms with Gasteiger partial charge in [0.15, 0.2) is 0 Å². The Kier molecular flexibility index (Phi) is 2.75. The van der Waals surface area contributed by atoms with Crippen molar-refractivity contribution in [2.75, 3.05) is 0 Å². The summed E-state index contributed by atoms with van der Waals surface area (Å²) in [6.07, 6.45) is 0. The van der Waals surface area contributed by atoms with Crippen LogP contribution in [0.4, 0.5) is 4.39 Å². The first-order valence-electron chi connectivity index (χ1n) is 3.16. The fraction of sp³-hybridized carbons (Fsp3) is 0.143. The van der Waals surface area contributed by atoms with Gasteiger partial charge in [-0.3, -0.25) is 10.1 Å². The Morgan fingerprint density at radius 1 is 1.58 bits per heavy atom. The molecule has 0 aliphatic rings. The highest BCUT2D eigenvalue weighted by atomic mass is 79.9. The molecule has 0 unspecified atom stereocenters. The molecule has 1 aromatic carbocycles. The molecule has 0 radical (unpaired) electrons. The van der Waals surface area contributed by atoms with Crippen molar-refractivity contribution in [2.45, 2.75) is 6.54 Å². The van der Waals surface area contributed by atoms with Gasteiger partial charge in [-0.25, -0.2) is 4.39 Å². The molecule has 0 aromatic heterocycles. The third-order valence-electron chi connectivity index (χ3n) is 1.35. The van der Waals surface area contributed by atoms with E-state index in [4.69, 9.17) is 0 Å². The minimum Gasteiger partial charge on any atom is -0.264 e. The van der Waals surface area contributed by atoms with Gasteiger partial charge in [0.2, 0.25) is 6.54 Å². The Morgan fingerprint density at radius 2 is 2.25 bits per heavy atom. The summed E-state index contributed by atoms with van der Waals surface area (Å²) in [5.41, 5.74) is 0.0856. The molecule has 3 nitrogen and oxygen atoms in total. The third-order valence-corrected chi connectivity index (χ3v) is 2.09. The van der Waals surface area contributed by atoms with Crippen LogP contribution in [0.1, 0.15) is 5.56 Å². The molecule has 0 saturated heterocycles. The van der Waals surface area contributed by atoms with Crippen molar-refractivity contribution in [2.24, 2.45) is 0 Å². The summed E-state index contributed by atoms with van der Waals surface area (Å²) in [4.78, 5) is 9.52.